The number of nitrogens with one attached hydrogen (secondary N) is 1. The highest BCUT2D eigenvalue weighted by atomic mass is 19.4. The van der Waals surface area contributed by atoms with Crippen LogP contribution >= 0.6 is 0 Å². The van der Waals surface area contributed by atoms with Crippen molar-refractivity contribution in [1.29, 1.82) is 15.8 Å². The third kappa shape index (κ3) is 3.24. The van der Waals surface area contributed by atoms with Gasteiger partial charge in [0.2, 0.25) is 0 Å². The van der Waals surface area contributed by atoms with E-state index in [9.17, 15) is 17.6 Å². The average Bonchev–Trinajstić information content (AvgIpc) is 2.39. The summed E-state index contributed by atoms with van der Waals surface area (Å²) in [7, 11) is 0. The molecule has 1 rings (SSSR count). The van der Waals surface area contributed by atoms with Gasteiger partial charge in [0.25, 0.3) is 0 Å². The van der Waals surface area contributed by atoms with Gasteiger partial charge in [-0.2, -0.15) is 29.0 Å². The van der Waals surface area contributed by atoms with E-state index in [2.05, 4.69) is 0 Å². The summed E-state index contributed by atoms with van der Waals surface area (Å²) in [6.07, 6.45) is -4.69. The fourth-order valence-electron chi connectivity index (χ4n) is 1.22. The second-order valence-electron chi connectivity index (χ2n) is 3.40. The molecule has 0 saturated carbocycles. The van der Waals surface area contributed by atoms with Crippen molar-refractivity contribution in [3.8, 4) is 18.2 Å². The van der Waals surface area contributed by atoms with E-state index in [0.717, 1.165) is 0 Å². The number of rotatable bonds is 2. The van der Waals surface area contributed by atoms with Crippen molar-refractivity contribution in [2.75, 3.05) is 5.32 Å². The summed E-state index contributed by atoms with van der Waals surface area (Å²) >= 11 is 0. The van der Waals surface area contributed by atoms with Gasteiger partial charge in [-0.1, -0.05) is 0 Å². The second-order valence-corrected chi connectivity index (χ2v) is 3.40. The van der Waals surface area contributed by atoms with Crippen molar-refractivity contribution in [1.82, 2.24) is 0 Å². The van der Waals surface area contributed by atoms with E-state index in [-0.39, 0.29) is 0 Å². The molecule has 0 aromatic heterocycles. The van der Waals surface area contributed by atoms with Crippen LogP contribution < -0.4 is 5.32 Å². The molecular weight excluding hydrogens is 276 g/mol. The molecule has 0 spiro atoms. The maximum absolute atomic E-state index is 13.4. The highest BCUT2D eigenvalue weighted by Gasteiger charge is 2.31. The van der Waals surface area contributed by atoms with Crippen LogP contribution in [0.3, 0.4) is 0 Å². The molecule has 0 fully saturated rings. The molecule has 0 saturated heterocycles. The standard InChI is InChI=1S/C12H4F4N4/c13-9-2-1-8(12(14,15)16)3-10(9)20-11(6-19)7(4-17)5-18/h1-3,20H. The second kappa shape index (κ2) is 5.73. The van der Waals surface area contributed by atoms with Crippen LogP contribution in [-0.2, 0) is 6.18 Å². The van der Waals surface area contributed by atoms with Crippen molar-refractivity contribution < 1.29 is 17.6 Å². The minimum atomic E-state index is -4.69. The lowest BCUT2D eigenvalue weighted by Crippen LogP contribution is -2.08. The van der Waals surface area contributed by atoms with Gasteiger partial charge < -0.3 is 5.32 Å². The fraction of sp³-hybridized carbons (Fsp3) is 0.0833. The van der Waals surface area contributed by atoms with E-state index in [1.807, 2.05) is 5.32 Å². The lowest BCUT2D eigenvalue weighted by atomic mass is 10.1. The van der Waals surface area contributed by atoms with Gasteiger partial charge in [-0.25, -0.2) is 4.39 Å². The predicted octanol–water partition coefficient (Wildman–Crippen LogP) is 3.08. The van der Waals surface area contributed by atoms with Crippen LogP contribution in [0, 0.1) is 39.8 Å². The first-order chi connectivity index (χ1) is 9.33. The number of nitrogens with zero attached hydrogens (tertiary/aromatic N) is 3. The summed E-state index contributed by atoms with van der Waals surface area (Å²) in [5.74, 6) is -1.05. The molecule has 0 atom stereocenters. The molecule has 1 N–H and O–H groups in total. The Balaban J connectivity index is 3.30. The minimum absolute atomic E-state index is 0.443. The van der Waals surface area contributed by atoms with E-state index >= 15 is 0 Å². The summed E-state index contributed by atoms with van der Waals surface area (Å²) in [4.78, 5) is 0. The van der Waals surface area contributed by atoms with Crippen LogP contribution in [0.15, 0.2) is 29.5 Å². The number of nitriles is 3. The summed E-state index contributed by atoms with van der Waals surface area (Å²) in [6.45, 7) is 0. The van der Waals surface area contributed by atoms with Gasteiger partial charge >= 0.3 is 6.18 Å². The van der Waals surface area contributed by atoms with Crippen molar-refractivity contribution in [3.05, 3.63) is 40.8 Å². The molecule has 0 aliphatic rings. The monoisotopic (exact) mass is 280 g/mol. The van der Waals surface area contributed by atoms with Gasteiger partial charge in [-0.05, 0) is 18.2 Å². The Labute approximate surface area is 110 Å². The maximum Gasteiger partial charge on any atom is 0.416 e. The van der Waals surface area contributed by atoms with Gasteiger partial charge in [0, 0.05) is 0 Å². The first-order valence-electron chi connectivity index (χ1n) is 4.91. The Morgan fingerprint density at radius 3 is 2.10 bits per heavy atom. The Kier molecular flexibility index (Phi) is 4.30. The quantitative estimate of drug-likeness (QED) is 0.666. The molecule has 0 aliphatic heterocycles. The van der Waals surface area contributed by atoms with Crippen LogP contribution in [-0.4, -0.2) is 0 Å². The largest absolute Gasteiger partial charge is 0.416 e. The van der Waals surface area contributed by atoms with Crippen molar-refractivity contribution in [2.24, 2.45) is 0 Å². The van der Waals surface area contributed by atoms with E-state index in [4.69, 9.17) is 15.8 Å². The molecule has 4 nitrogen and oxygen atoms in total. The molecule has 0 amide bonds. The molecule has 100 valence electrons. The molecule has 8 heteroatoms. The Morgan fingerprint density at radius 2 is 1.65 bits per heavy atom. The normalized spacial score (nSPS) is 9.85. The highest BCUT2D eigenvalue weighted by Crippen LogP contribution is 2.32. The first kappa shape index (κ1) is 15.0. The van der Waals surface area contributed by atoms with Crippen LogP contribution in [0.2, 0.25) is 0 Å². The average molecular weight is 280 g/mol. The Hall–Kier alpha value is -3.05. The van der Waals surface area contributed by atoms with Gasteiger partial charge in [-0.15, -0.1) is 0 Å². The summed E-state index contributed by atoms with van der Waals surface area (Å²) in [6, 6.07) is 5.71. The first-order valence-corrected chi connectivity index (χ1v) is 4.91. The van der Waals surface area contributed by atoms with Gasteiger partial charge in [0.15, 0.2) is 5.57 Å². The van der Waals surface area contributed by atoms with Gasteiger partial charge in [0.1, 0.15) is 29.7 Å². The molecule has 0 radical (unpaired) electrons. The molecule has 0 bridgehead atoms. The van der Waals surface area contributed by atoms with Crippen LogP contribution in [0.25, 0.3) is 0 Å². The summed E-state index contributed by atoms with van der Waals surface area (Å²) in [5, 5.41) is 27.9. The van der Waals surface area contributed by atoms with Crippen molar-refractivity contribution in [2.45, 2.75) is 6.18 Å². The smallest absolute Gasteiger partial charge is 0.343 e. The van der Waals surface area contributed by atoms with Crippen molar-refractivity contribution in [3.63, 3.8) is 0 Å². The minimum Gasteiger partial charge on any atom is -0.343 e. The van der Waals surface area contributed by atoms with Crippen LogP contribution in [0.5, 0.6) is 0 Å². The molecule has 0 unspecified atom stereocenters. The zero-order valence-electron chi connectivity index (χ0n) is 9.59. The third-order valence-corrected chi connectivity index (χ3v) is 2.14. The maximum atomic E-state index is 13.4. The number of benzene rings is 1. The van der Waals surface area contributed by atoms with Gasteiger partial charge in [-0.3, -0.25) is 0 Å². The topological polar surface area (TPSA) is 83.4 Å². The lowest BCUT2D eigenvalue weighted by Gasteiger charge is -2.10. The lowest BCUT2D eigenvalue weighted by molar-refractivity contribution is -0.137. The molecule has 20 heavy (non-hydrogen) atoms. The fourth-order valence-corrected chi connectivity index (χ4v) is 1.22. The predicted molar refractivity (Wildman–Crippen MR) is 58.9 cm³/mol. The van der Waals surface area contributed by atoms with Gasteiger partial charge in [0.05, 0.1) is 11.3 Å². The van der Waals surface area contributed by atoms with E-state index in [1.165, 1.54) is 18.2 Å². The van der Waals surface area contributed by atoms with Crippen molar-refractivity contribution >= 4 is 5.69 Å². The van der Waals surface area contributed by atoms with Crippen LogP contribution in [0.1, 0.15) is 5.56 Å². The Bertz CT molecular complexity index is 667. The zero-order valence-corrected chi connectivity index (χ0v) is 9.59. The molecule has 1 aromatic rings. The number of hydrogen-bond donors (Lipinski definition) is 1. The molecule has 1 aromatic carbocycles. The highest BCUT2D eigenvalue weighted by molar-refractivity contribution is 5.59. The molecule has 0 heterocycles. The van der Waals surface area contributed by atoms with E-state index < -0.39 is 34.5 Å². The SMILES string of the molecule is N#CC(C#N)=C(C#N)Nc1cc(C(F)(F)F)ccc1F. The number of alkyl halides is 3. The molecular formula is C12H4F4N4. The number of halogens is 4. The zero-order chi connectivity index (χ0) is 15.3. The molecule has 0 aliphatic carbocycles. The van der Waals surface area contributed by atoms with E-state index in [0.29, 0.717) is 18.2 Å². The third-order valence-electron chi connectivity index (χ3n) is 2.14. The summed E-state index contributed by atoms with van der Waals surface area (Å²) in [5.41, 5.74) is -3.08. The van der Waals surface area contributed by atoms with Crippen LogP contribution in [0.4, 0.5) is 23.2 Å². The van der Waals surface area contributed by atoms with E-state index in [1.54, 1.807) is 0 Å². The number of allylic oxidation sites excluding steroid dienone is 2. The Morgan fingerprint density at radius 1 is 1.05 bits per heavy atom. The number of anilines is 1. The number of hydrogen-bond acceptors (Lipinski definition) is 4. The summed E-state index contributed by atoms with van der Waals surface area (Å²) < 4.78 is 50.8.